The maximum atomic E-state index is 5.66. The van der Waals surface area contributed by atoms with Gasteiger partial charge in [0, 0.05) is 0 Å². The molecule has 2 fully saturated rings. The standard InChI is InChI=1S/C21H28O/c1-21-10-3-4-18(21)14-6-5-13-12-19(22-2)15-7-8-16(15)20(13)17(14)9-11-21/h12,14,17-18H,3-11H2,1-2H3/t14-,17+,18+,21+/m1/s1. The molecule has 118 valence electrons. The van der Waals surface area contributed by atoms with E-state index in [-0.39, 0.29) is 0 Å². The van der Waals surface area contributed by atoms with E-state index in [9.17, 15) is 0 Å². The molecular formula is C21H28O. The molecule has 0 unspecified atom stereocenters. The fourth-order valence-electron chi connectivity index (χ4n) is 6.68. The van der Waals surface area contributed by atoms with Crippen LogP contribution in [0.15, 0.2) is 6.07 Å². The molecule has 0 saturated heterocycles. The van der Waals surface area contributed by atoms with Crippen molar-refractivity contribution in [3.05, 3.63) is 28.3 Å². The number of fused-ring (bicyclic) bond motifs is 7. The molecule has 0 amide bonds. The lowest BCUT2D eigenvalue weighted by Gasteiger charge is -2.50. The molecule has 1 aromatic carbocycles. The molecule has 4 aliphatic carbocycles. The Morgan fingerprint density at radius 1 is 1.05 bits per heavy atom. The Balaban J connectivity index is 1.59. The number of benzene rings is 1. The van der Waals surface area contributed by atoms with E-state index in [2.05, 4.69) is 13.0 Å². The quantitative estimate of drug-likeness (QED) is 0.705. The summed E-state index contributed by atoms with van der Waals surface area (Å²) in [6, 6.07) is 2.39. The van der Waals surface area contributed by atoms with E-state index < -0.39 is 0 Å². The monoisotopic (exact) mass is 296 g/mol. The topological polar surface area (TPSA) is 9.23 Å². The van der Waals surface area contributed by atoms with Gasteiger partial charge in [-0.25, -0.2) is 0 Å². The van der Waals surface area contributed by atoms with Crippen LogP contribution in [0.1, 0.15) is 73.6 Å². The molecule has 0 aliphatic heterocycles. The van der Waals surface area contributed by atoms with E-state index in [4.69, 9.17) is 4.74 Å². The normalized spacial score (nSPS) is 38.4. The number of hydrogen-bond donors (Lipinski definition) is 0. The van der Waals surface area contributed by atoms with Crippen LogP contribution in [0.4, 0.5) is 0 Å². The van der Waals surface area contributed by atoms with Crippen molar-refractivity contribution >= 4 is 0 Å². The second-order valence-electron chi connectivity index (χ2n) is 8.61. The molecular weight excluding hydrogens is 268 g/mol. The summed E-state index contributed by atoms with van der Waals surface area (Å²) < 4.78 is 5.66. The van der Waals surface area contributed by atoms with Crippen LogP contribution >= 0.6 is 0 Å². The third kappa shape index (κ3) is 1.61. The van der Waals surface area contributed by atoms with Crippen molar-refractivity contribution in [2.45, 2.75) is 70.6 Å². The fraction of sp³-hybridized carbons (Fsp3) is 0.714. The predicted octanol–water partition coefficient (Wildman–Crippen LogP) is 5.04. The molecule has 0 N–H and O–H groups in total. The zero-order valence-corrected chi connectivity index (χ0v) is 14.1. The van der Waals surface area contributed by atoms with Crippen LogP contribution in [-0.2, 0) is 19.3 Å². The van der Waals surface area contributed by atoms with Gasteiger partial charge in [-0.05, 0) is 103 Å². The Bertz CT molecular complexity index is 631. The van der Waals surface area contributed by atoms with Crippen molar-refractivity contribution in [2.24, 2.45) is 17.3 Å². The summed E-state index contributed by atoms with van der Waals surface area (Å²) >= 11 is 0. The molecule has 22 heavy (non-hydrogen) atoms. The van der Waals surface area contributed by atoms with E-state index >= 15 is 0 Å². The van der Waals surface area contributed by atoms with Gasteiger partial charge in [-0.2, -0.15) is 0 Å². The van der Waals surface area contributed by atoms with Gasteiger partial charge in [-0.3, -0.25) is 0 Å². The number of ether oxygens (including phenoxy) is 1. The van der Waals surface area contributed by atoms with Crippen LogP contribution in [0.2, 0.25) is 0 Å². The first-order valence-electron chi connectivity index (χ1n) is 9.43. The van der Waals surface area contributed by atoms with Crippen LogP contribution in [0.3, 0.4) is 0 Å². The first kappa shape index (κ1) is 13.5. The second-order valence-corrected chi connectivity index (χ2v) is 8.61. The van der Waals surface area contributed by atoms with Crippen molar-refractivity contribution < 1.29 is 4.74 Å². The lowest BCUT2D eigenvalue weighted by Crippen LogP contribution is -2.40. The largest absolute Gasteiger partial charge is 0.496 e. The molecule has 1 aromatic rings. The van der Waals surface area contributed by atoms with Crippen LogP contribution in [0.25, 0.3) is 0 Å². The summed E-state index contributed by atoms with van der Waals surface area (Å²) in [5, 5.41) is 0. The van der Waals surface area contributed by atoms with Gasteiger partial charge in [0.15, 0.2) is 0 Å². The van der Waals surface area contributed by atoms with Gasteiger partial charge >= 0.3 is 0 Å². The number of methoxy groups -OCH3 is 1. The summed E-state index contributed by atoms with van der Waals surface area (Å²) in [6.07, 6.45) is 12.7. The average Bonchev–Trinajstić information content (AvgIpc) is 2.88. The van der Waals surface area contributed by atoms with E-state index in [0.717, 1.165) is 17.8 Å². The Kier molecular flexibility index (Phi) is 2.77. The van der Waals surface area contributed by atoms with Gasteiger partial charge in [0.25, 0.3) is 0 Å². The minimum Gasteiger partial charge on any atom is -0.496 e. The predicted molar refractivity (Wildman–Crippen MR) is 89.6 cm³/mol. The summed E-state index contributed by atoms with van der Waals surface area (Å²) in [5.74, 6) is 4.05. The van der Waals surface area contributed by atoms with E-state index in [0.29, 0.717) is 5.41 Å². The fourth-order valence-corrected chi connectivity index (χ4v) is 6.68. The molecule has 1 nitrogen and oxygen atoms in total. The summed E-state index contributed by atoms with van der Waals surface area (Å²) in [6.45, 7) is 2.60. The maximum absolute atomic E-state index is 5.66. The highest BCUT2D eigenvalue weighted by Crippen LogP contribution is 2.62. The molecule has 1 heteroatoms. The molecule has 4 atom stereocenters. The highest BCUT2D eigenvalue weighted by molar-refractivity contribution is 5.57. The van der Waals surface area contributed by atoms with Gasteiger partial charge in [0.05, 0.1) is 7.11 Å². The molecule has 0 aromatic heterocycles. The van der Waals surface area contributed by atoms with Crippen molar-refractivity contribution in [1.82, 2.24) is 0 Å². The van der Waals surface area contributed by atoms with E-state index in [1.165, 1.54) is 63.5 Å². The van der Waals surface area contributed by atoms with Crippen LogP contribution in [-0.4, -0.2) is 7.11 Å². The van der Waals surface area contributed by atoms with Crippen LogP contribution < -0.4 is 4.74 Å². The number of hydrogen-bond acceptors (Lipinski definition) is 1. The zero-order chi connectivity index (χ0) is 14.9. The third-order valence-electron chi connectivity index (χ3n) is 7.82. The lowest BCUT2D eigenvalue weighted by molar-refractivity contribution is 0.0592. The van der Waals surface area contributed by atoms with E-state index in [1.54, 1.807) is 22.3 Å². The van der Waals surface area contributed by atoms with Gasteiger partial charge < -0.3 is 4.74 Å². The first-order chi connectivity index (χ1) is 10.7. The number of rotatable bonds is 1. The molecule has 0 bridgehead atoms. The van der Waals surface area contributed by atoms with Gasteiger partial charge in [0.1, 0.15) is 5.75 Å². The Hall–Kier alpha value is -0.980. The van der Waals surface area contributed by atoms with Gasteiger partial charge in [-0.15, -0.1) is 0 Å². The Labute approximate surface area is 134 Å². The van der Waals surface area contributed by atoms with Crippen LogP contribution in [0, 0.1) is 17.3 Å². The first-order valence-corrected chi connectivity index (χ1v) is 9.43. The van der Waals surface area contributed by atoms with Crippen LogP contribution in [0.5, 0.6) is 5.75 Å². The Morgan fingerprint density at radius 3 is 2.68 bits per heavy atom. The smallest absolute Gasteiger partial charge is 0.122 e. The molecule has 0 heterocycles. The molecule has 5 rings (SSSR count). The van der Waals surface area contributed by atoms with Crippen molar-refractivity contribution in [3.63, 3.8) is 0 Å². The molecule has 4 aliphatic rings. The maximum Gasteiger partial charge on any atom is 0.122 e. The Morgan fingerprint density at radius 2 is 1.91 bits per heavy atom. The molecule has 0 spiro atoms. The summed E-state index contributed by atoms with van der Waals surface area (Å²) in [7, 11) is 1.84. The van der Waals surface area contributed by atoms with Gasteiger partial charge in [-0.1, -0.05) is 13.3 Å². The lowest BCUT2D eigenvalue weighted by atomic mass is 9.54. The zero-order valence-electron chi connectivity index (χ0n) is 14.1. The molecule has 2 saturated carbocycles. The average molecular weight is 296 g/mol. The molecule has 0 radical (unpaired) electrons. The second kappa shape index (κ2) is 4.52. The van der Waals surface area contributed by atoms with Gasteiger partial charge in [0.2, 0.25) is 0 Å². The van der Waals surface area contributed by atoms with Crippen molar-refractivity contribution in [1.29, 1.82) is 0 Å². The third-order valence-corrected chi connectivity index (χ3v) is 7.82. The summed E-state index contributed by atoms with van der Waals surface area (Å²) in [4.78, 5) is 0. The minimum absolute atomic E-state index is 0.679. The van der Waals surface area contributed by atoms with Crippen molar-refractivity contribution in [3.8, 4) is 5.75 Å². The number of aryl methyl sites for hydroxylation is 1. The highest BCUT2D eigenvalue weighted by Gasteiger charge is 2.51. The minimum atomic E-state index is 0.679. The SMILES string of the molecule is COc1cc2c(c3c1CC3)[C@H]1CC[C@]3(C)CCC[C@H]3[C@@H]1CC2. The van der Waals surface area contributed by atoms with E-state index in [1.807, 2.05) is 7.11 Å². The van der Waals surface area contributed by atoms with Crippen molar-refractivity contribution in [2.75, 3.05) is 7.11 Å². The summed E-state index contributed by atoms with van der Waals surface area (Å²) in [5.41, 5.74) is 7.36. The highest BCUT2D eigenvalue weighted by atomic mass is 16.5.